The summed E-state index contributed by atoms with van der Waals surface area (Å²) < 4.78 is 0.971. The zero-order chi connectivity index (χ0) is 9.19. The van der Waals surface area contributed by atoms with Crippen molar-refractivity contribution in [3.8, 4) is 6.07 Å². The number of nitriles is 1. The fraction of sp³-hybridized carbons (Fsp3) is 0.375. The summed E-state index contributed by atoms with van der Waals surface area (Å²) in [5.41, 5.74) is 0. The second-order valence-corrected chi connectivity index (χ2v) is 4.71. The first-order chi connectivity index (χ1) is 5.62. The molecule has 0 heterocycles. The minimum absolute atomic E-state index is 0.0172. The van der Waals surface area contributed by atoms with Crippen LogP contribution >= 0.6 is 43.5 Å². The van der Waals surface area contributed by atoms with Crippen molar-refractivity contribution in [2.45, 2.75) is 4.87 Å². The highest BCUT2D eigenvalue weighted by atomic mass is 79.9. The molecule has 0 aliphatic heterocycles. The van der Waals surface area contributed by atoms with E-state index in [4.69, 9.17) is 16.9 Å². The van der Waals surface area contributed by atoms with Crippen LogP contribution in [0.15, 0.2) is 22.7 Å². The van der Waals surface area contributed by atoms with Crippen molar-refractivity contribution in [2.24, 2.45) is 5.92 Å². The van der Waals surface area contributed by atoms with Gasteiger partial charge in [-0.05, 0) is 12.2 Å². The number of rotatable bonds is 1. The van der Waals surface area contributed by atoms with Gasteiger partial charge in [0.15, 0.2) is 4.87 Å². The number of alkyl halides is 2. The number of halogens is 3. The molecule has 0 aromatic heterocycles. The van der Waals surface area contributed by atoms with E-state index >= 15 is 0 Å². The van der Waals surface area contributed by atoms with E-state index in [1.165, 1.54) is 0 Å². The molecule has 0 amide bonds. The Kier molecular flexibility index (Phi) is 3.39. The van der Waals surface area contributed by atoms with Crippen molar-refractivity contribution in [2.75, 3.05) is 5.33 Å². The normalized spacial score (nSPS) is 34.2. The van der Waals surface area contributed by atoms with Crippen molar-refractivity contribution < 1.29 is 0 Å². The van der Waals surface area contributed by atoms with Gasteiger partial charge in [-0.15, -0.1) is 0 Å². The van der Waals surface area contributed by atoms with Gasteiger partial charge >= 0.3 is 0 Å². The molecule has 0 fully saturated rings. The molecule has 12 heavy (non-hydrogen) atoms. The third-order valence-corrected chi connectivity index (χ3v) is 3.44. The van der Waals surface area contributed by atoms with E-state index in [0.29, 0.717) is 5.33 Å². The fourth-order valence-electron chi connectivity index (χ4n) is 0.971. The SMILES string of the molecule is N#CC1(Cl)C=CC(Br)=CC1CBr. The van der Waals surface area contributed by atoms with E-state index in [1.807, 2.05) is 6.08 Å². The smallest absolute Gasteiger partial charge is 0.156 e. The summed E-state index contributed by atoms with van der Waals surface area (Å²) in [4.78, 5) is -0.888. The molecule has 64 valence electrons. The lowest BCUT2D eigenvalue weighted by Crippen LogP contribution is -2.29. The van der Waals surface area contributed by atoms with Crippen molar-refractivity contribution in [1.82, 2.24) is 0 Å². The summed E-state index contributed by atoms with van der Waals surface area (Å²) in [6.45, 7) is 0. The molecule has 0 radical (unpaired) electrons. The molecular weight excluding hydrogens is 305 g/mol. The van der Waals surface area contributed by atoms with Crippen LogP contribution in [-0.4, -0.2) is 10.2 Å². The van der Waals surface area contributed by atoms with Crippen molar-refractivity contribution >= 4 is 43.5 Å². The van der Waals surface area contributed by atoms with Gasteiger partial charge in [0.05, 0.1) is 6.07 Å². The predicted octanol–water partition coefficient (Wildman–Crippen LogP) is 3.35. The molecule has 0 saturated carbocycles. The van der Waals surface area contributed by atoms with Crippen LogP contribution in [0.5, 0.6) is 0 Å². The molecule has 1 aliphatic carbocycles. The van der Waals surface area contributed by atoms with Crippen LogP contribution in [0.1, 0.15) is 0 Å². The van der Waals surface area contributed by atoms with Gasteiger partial charge in [-0.25, -0.2) is 0 Å². The molecule has 1 rings (SSSR count). The van der Waals surface area contributed by atoms with Gasteiger partial charge in [0.2, 0.25) is 0 Å². The third kappa shape index (κ3) is 1.93. The Morgan fingerprint density at radius 2 is 2.42 bits per heavy atom. The minimum atomic E-state index is -0.888. The first-order valence-corrected chi connectivity index (χ1v) is 5.64. The third-order valence-electron chi connectivity index (χ3n) is 1.72. The molecule has 0 aromatic rings. The molecule has 0 N–H and O–H groups in total. The van der Waals surface area contributed by atoms with E-state index in [2.05, 4.69) is 37.9 Å². The average molecular weight is 311 g/mol. The Hall–Kier alpha value is 0.220. The van der Waals surface area contributed by atoms with Gasteiger partial charge < -0.3 is 0 Å². The first-order valence-electron chi connectivity index (χ1n) is 3.35. The number of allylic oxidation sites excluding steroid dienone is 4. The maximum atomic E-state index is 8.84. The summed E-state index contributed by atoms with van der Waals surface area (Å²) in [5.74, 6) is 0.0172. The monoisotopic (exact) mass is 309 g/mol. The standard InChI is InChI=1S/C8H6Br2ClN/c9-4-6-3-7(10)1-2-8(6,11)5-12/h1-3,6H,4H2. The van der Waals surface area contributed by atoms with E-state index in [-0.39, 0.29) is 5.92 Å². The molecule has 0 saturated heterocycles. The van der Waals surface area contributed by atoms with Gasteiger partial charge in [-0.1, -0.05) is 49.5 Å². The lowest BCUT2D eigenvalue weighted by atomic mass is 9.90. The zero-order valence-electron chi connectivity index (χ0n) is 6.10. The number of nitrogens with zero attached hydrogens (tertiary/aromatic N) is 1. The van der Waals surface area contributed by atoms with Gasteiger partial charge in [-0.3, -0.25) is 0 Å². The molecule has 2 unspecified atom stereocenters. The predicted molar refractivity (Wildman–Crippen MR) is 57.6 cm³/mol. The molecule has 1 aliphatic rings. The van der Waals surface area contributed by atoms with Crippen LogP contribution in [-0.2, 0) is 0 Å². The van der Waals surface area contributed by atoms with Crippen LogP contribution in [0.25, 0.3) is 0 Å². The maximum absolute atomic E-state index is 8.84. The van der Waals surface area contributed by atoms with Crippen LogP contribution in [0.2, 0.25) is 0 Å². The highest BCUT2D eigenvalue weighted by molar-refractivity contribution is 9.11. The Morgan fingerprint density at radius 1 is 1.75 bits per heavy atom. The van der Waals surface area contributed by atoms with Crippen molar-refractivity contribution in [3.63, 3.8) is 0 Å². The van der Waals surface area contributed by atoms with Gasteiger partial charge in [0, 0.05) is 15.7 Å². The molecule has 1 nitrogen and oxygen atoms in total. The molecule has 4 heteroatoms. The molecule has 0 bridgehead atoms. The average Bonchev–Trinajstić information content (AvgIpc) is 2.09. The second kappa shape index (κ2) is 3.95. The van der Waals surface area contributed by atoms with Crippen molar-refractivity contribution in [3.05, 3.63) is 22.7 Å². The summed E-state index contributed by atoms with van der Waals surface area (Å²) in [5, 5.41) is 9.52. The van der Waals surface area contributed by atoms with Crippen LogP contribution in [0, 0.1) is 17.2 Å². The van der Waals surface area contributed by atoms with Crippen LogP contribution < -0.4 is 0 Å². The highest BCUT2D eigenvalue weighted by Gasteiger charge is 2.34. The molecule has 2 atom stereocenters. The summed E-state index contributed by atoms with van der Waals surface area (Å²) >= 11 is 12.7. The quantitative estimate of drug-likeness (QED) is 0.681. The topological polar surface area (TPSA) is 23.8 Å². The van der Waals surface area contributed by atoms with E-state index in [0.717, 1.165) is 4.48 Å². The Balaban J connectivity index is 2.96. The van der Waals surface area contributed by atoms with E-state index in [9.17, 15) is 0 Å². The van der Waals surface area contributed by atoms with Gasteiger partial charge in [0.25, 0.3) is 0 Å². The summed E-state index contributed by atoms with van der Waals surface area (Å²) in [6, 6.07) is 2.09. The summed E-state index contributed by atoms with van der Waals surface area (Å²) in [6.07, 6.45) is 5.45. The first kappa shape index (κ1) is 10.3. The lowest BCUT2D eigenvalue weighted by molar-refractivity contribution is 0.663. The Labute approximate surface area is 93.3 Å². The molecular formula is C8H6Br2ClN. The zero-order valence-corrected chi connectivity index (χ0v) is 10.0. The highest BCUT2D eigenvalue weighted by Crippen LogP contribution is 2.35. The summed E-state index contributed by atoms with van der Waals surface area (Å²) in [7, 11) is 0. The van der Waals surface area contributed by atoms with Crippen LogP contribution in [0.4, 0.5) is 0 Å². The fourth-order valence-corrected chi connectivity index (χ4v) is 2.51. The second-order valence-electron chi connectivity index (χ2n) is 2.53. The Bertz CT molecular complexity index is 279. The number of hydrogen-bond donors (Lipinski definition) is 0. The molecule has 0 aromatic carbocycles. The van der Waals surface area contributed by atoms with Gasteiger partial charge in [-0.2, -0.15) is 5.26 Å². The minimum Gasteiger partial charge on any atom is -0.196 e. The van der Waals surface area contributed by atoms with Crippen molar-refractivity contribution in [1.29, 1.82) is 5.26 Å². The number of hydrogen-bond acceptors (Lipinski definition) is 1. The maximum Gasteiger partial charge on any atom is 0.156 e. The largest absolute Gasteiger partial charge is 0.196 e. The molecule has 0 spiro atoms. The van der Waals surface area contributed by atoms with E-state index in [1.54, 1.807) is 12.2 Å². The lowest BCUT2D eigenvalue weighted by Gasteiger charge is -2.25. The Morgan fingerprint density at radius 3 is 2.92 bits per heavy atom. The van der Waals surface area contributed by atoms with E-state index < -0.39 is 4.87 Å². The van der Waals surface area contributed by atoms with Gasteiger partial charge in [0.1, 0.15) is 0 Å². The van der Waals surface area contributed by atoms with Crippen LogP contribution in [0.3, 0.4) is 0 Å².